The van der Waals surface area contributed by atoms with Crippen molar-refractivity contribution in [2.75, 3.05) is 0 Å². The summed E-state index contributed by atoms with van der Waals surface area (Å²) in [5, 5.41) is 4.54. The lowest BCUT2D eigenvalue weighted by molar-refractivity contribution is 0.292. The van der Waals surface area contributed by atoms with E-state index >= 15 is 0 Å². The van der Waals surface area contributed by atoms with Crippen molar-refractivity contribution in [1.29, 1.82) is 0 Å². The summed E-state index contributed by atoms with van der Waals surface area (Å²) >= 11 is 3.58. The lowest BCUT2D eigenvalue weighted by Gasteiger charge is -2.10. The summed E-state index contributed by atoms with van der Waals surface area (Å²) in [4.78, 5) is 0. The van der Waals surface area contributed by atoms with Crippen molar-refractivity contribution in [2.45, 2.75) is 47.3 Å². The van der Waals surface area contributed by atoms with Crippen LogP contribution in [0.25, 0.3) is 0 Å². The van der Waals surface area contributed by atoms with Gasteiger partial charge >= 0.3 is 0 Å². The third-order valence-corrected chi connectivity index (χ3v) is 4.62. The Labute approximate surface area is 129 Å². The SMILES string of the molecule is CCc1cc(COc2cc(C)c(Br)c(C)c2)n(CC)n1. The van der Waals surface area contributed by atoms with Crippen LogP contribution in [0.15, 0.2) is 22.7 Å². The second kappa shape index (κ2) is 6.44. The van der Waals surface area contributed by atoms with E-state index in [0.717, 1.165) is 34.6 Å². The molecule has 108 valence electrons. The molecule has 20 heavy (non-hydrogen) atoms. The second-order valence-corrected chi connectivity index (χ2v) is 5.75. The minimum absolute atomic E-state index is 0.557. The average molecular weight is 337 g/mol. The molecule has 0 atom stereocenters. The standard InChI is InChI=1S/C16H21BrN2O/c1-5-13-9-14(19(6-2)18-13)10-20-15-7-11(3)16(17)12(4)8-15/h7-9H,5-6,10H2,1-4H3. The molecule has 0 aliphatic rings. The lowest BCUT2D eigenvalue weighted by Crippen LogP contribution is -2.06. The molecule has 0 bridgehead atoms. The summed E-state index contributed by atoms with van der Waals surface area (Å²) in [6.07, 6.45) is 0.955. The Hall–Kier alpha value is -1.29. The largest absolute Gasteiger partial charge is 0.487 e. The molecular weight excluding hydrogens is 316 g/mol. The van der Waals surface area contributed by atoms with Crippen LogP contribution in [0.2, 0.25) is 0 Å². The van der Waals surface area contributed by atoms with Crippen LogP contribution >= 0.6 is 15.9 Å². The smallest absolute Gasteiger partial charge is 0.130 e. The van der Waals surface area contributed by atoms with Crippen LogP contribution in [0.5, 0.6) is 5.75 Å². The fourth-order valence-corrected chi connectivity index (χ4v) is 2.45. The molecule has 1 heterocycles. The topological polar surface area (TPSA) is 27.1 Å². The normalized spacial score (nSPS) is 10.8. The Morgan fingerprint density at radius 1 is 1.15 bits per heavy atom. The van der Waals surface area contributed by atoms with Crippen molar-refractivity contribution in [2.24, 2.45) is 0 Å². The molecular formula is C16H21BrN2O. The highest BCUT2D eigenvalue weighted by atomic mass is 79.9. The van der Waals surface area contributed by atoms with Crippen molar-refractivity contribution >= 4 is 15.9 Å². The van der Waals surface area contributed by atoms with Gasteiger partial charge in [-0.15, -0.1) is 0 Å². The number of nitrogens with zero attached hydrogens (tertiary/aromatic N) is 2. The number of ether oxygens (including phenoxy) is 1. The van der Waals surface area contributed by atoms with Gasteiger partial charge in [0, 0.05) is 11.0 Å². The third-order valence-electron chi connectivity index (χ3n) is 3.37. The number of aryl methyl sites for hydroxylation is 4. The van der Waals surface area contributed by atoms with Crippen LogP contribution < -0.4 is 4.74 Å². The maximum Gasteiger partial charge on any atom is 0.130 e. The molecule has 2 rings (SSSR count). The van der Waals surface area contributed by atoms with Gasteiger partial charge in [0.2, 0.25) is 0 Å². The molecule has 0 unspecified atom stereocenters. The first kappa shape index (κ1) is 15.1. The number of benzene rings is 1. The van der Waals surface area contributed by atoms with Crippen LogP contribution in [0.3, 0.4) is 0 Å². The Bertz CT molecular complexity index is 582. The summed E-state index contributed by atoms with van der Waals surface area (Å²) in [5.74, 6) is 0.908. The fraction of sp³-hybridized carbons (Fsp3) is 0.438. The summed E-state index contributed by atoms with van der Waals surface area (Å²) in [6.45, 7) is 9.81. The molecule has 1 aromatic carbocycles. The zero-order valence-electron chi connectivity index (χ0n) is 12.5. The van der Waals surface area contributed by atoms with Crippen LogP contribution in [-0.4, -0.2) is 9.78 Å². The van der Waals surface area contributed by atoms with Gasteiger partial charge in [0.15, 0.2) is 0 Å². The van der Waals surface area contributed by atoms with Crippen LogP contribution in [0.1, 0.15) is 36.4 Å². The number of halogens is 1. The van der Waals surface area contributed by atoms with Crippen LogP contribution in [-0.2, 0) is 19.6 Å². The van der Waals surface area contributed by atoms with Gasteiger partial charge in [0.05, 0.1) is 11.4 Å². The lowest BCUT2D eigenvalue weighted by atomic mass is 10.1. The van der Waals surface area contributed by atoms with Crippen molar-refractivity contribution in [3.63, 3.8) is 0 Å². The first-order chi connectivity index (χ1) is 9.55. The van der Waals surface area contributed by atoms with Gasteiger partial charge in [-0.05, 0) is 56.5 Å². The molecule has 0 saturated heterocycles. The Balaban J connectivity index is 2.14. The quantitative estimate of drug-likeness (QED) is 0.807. The van der Waals surface area contributed by atoms with E-state index in [9.17, 15) is 0 Å². The molecule has 0 spiro atoms. The predicted molar refractivity (Wildman–Crippen MR) is 85.2 cm³/mol. The van der Waals surface area contributed by atoms with Crippen molar-refractivity contribution in [3.8, 4) is 5.75 Å². The molecule has 0 amide bonds. The zero-order valence-corrected chi connectivity index (χ0v) is 14.1. The molecule has 1 aromatic heterocycles. The van der Waals surface area contributed by atoms with Crippen LogP contribution in [0.4, 0.5) is 0 Å². The van der Waals surface area contributed by atoms with Gasteiger partial charge in [-0.25, -0.2) is 0 Å². The first-order valence-corrected chi connectivity index (χ1v) is 7.79. The van der Waals surface area contributed by atoms with E-state index in [1.807, 2.05) is 4.68 Å². The second-order valence-electron chi connectivity index (χ2n) is 4.96. The van der Waals surface area contributed by atoms with Gasteiger partial charge < -0.3 is 4.74 Å². The van der Waals surface area contributed by atoms with Crippen molar-refractivity contribution in [3.05, 3.63) is 45.2 Å². The summed E-state index contributed by atoms with van der Waals surface area (Å²) in [7, 11) is 0. The molecule has 3 nitrogen and oxygen atoms in total. The monoisotopic (exact) mass is 336 g/mol. The highest BCUT2D eigenvalue weighted by molar-refractivity contribution is 9.10. The molecule has 0 N–H and O–H groups in total. The Morgan fingerprint density at radius 2 is 1.80 bits per heavy atom. The van der Waals surface area contributed by atoms with Gasteiger partial charge in [-0.3, -0.25) is 4.68 Å². The van der Waals surface area contributed by atoms with Gasteiger partial charge in [-0.1, -0.05) is 22.9 Å². The first-order valence-electron chi connectivity index (χ1n) is 7.00. The minimum atomic E-state index is 0.557. The summed E-state index contributed by atoms with van der Waals surface area (Å²) in [5.41, 5.74) is 4.63. The molecule has 0 saturated carbocycles. The Morgan fingerprint density at radius 3 is 2.35 bits per heavy atom. The summed E-state index contributed by atoms with van der Waals surface area (Å²) in [6, 6.07) is 6.25. The van der Waals surface area contributed by atoms with E-state index < -0.39 is 0 Å². The maximum atomic E-state index is 5.93. The predicted octanol–water partition coefficient (Wildman–Crippen LogP) is 4.42. The highest BCUT2D eigenvalue weighted by Crippen LogP contribution is 2.26. The number of aromatic nitrogens is 2. The highest BCUT2D eigenvalue weighted by Gasteiger charge is 2.08. The van der Waals surface area contributed by atoms with E-state index in [-0.39, 0.29) is 0 Å². The summed E-state index contributed by atoms with van der Waals surface area (Å²) < 4.78 is 9.09. The average Bonchev–Trinajstić information content (AvgIpc) is 2.84. The molecule has 0 fully saturated rings. The van der Waals surface area contributed by atoms with E-state index in [1.165, 1.54) is 11.1 Å². The van der Waals surface area contributed by atoms with E-state index in [4.69, 9.17) is 4.74 Å². The molecule has 0 radical (unpaired) electrons. The Kier molecular flexibility index (Phi) is 4.86. The van der Waals surface area contributed by atoms with Crippen molar-refractivity contribution in [1.82, 2.24) is 9.78 Å². The molecule has 2 aromatic rings. The molecule has 0 aliphatic carbocycles. The molecule has 0 aliphatic heterocycles. The van der Waals surface area contributed by atoms with Gasteiger partial charge in [0.1, 0.15) is 12.4 Å². The number of hydrogen-bond acceptors (Lipinski definition) is 2. The molecule has 4 heteroatoms. The zero-order chi connectivity index (χ0) is 14.7. The number of hydrogen-bond donors (Lipinski definition) is 0. The van der Waals surface area contributed by atoms with Gasteiger partial charge in [-0.2, -0.15) is 5.10 Å². The van der Waals surface area contributed by atoms with Gasteiger partial charge in [0.25, 0.3) is 0 Å². The van der Waals surface area contributed by atoms with E-state index in [2.05, 4.69) is 66.9 Å². The van der Waals surface area contributed by atoms with E-state index in [0.29, 0.717) is 6.61 Å². The fourth-order valence-electron chi connectivity index (χ4n) is 2.22. The maximum absolute atomic E-state index is 5.93. The third kappa shape index (κ3) is 3.23. The van der Waals surface area contributed by atoms with E-state index in [1.54, 1.807) is 0 Å². The van der Waals surface area contributed by atoms with Crippen LogP contribution in [0, 0.1) is 13.8 Å². The van der Waals surface area contributed by atoms with Crippen molar-refractivity contribution < 1.29 is 4.74 Å². The number of rotatable bonds is 5. The minimum Gasteiger partial charge on any atom is -0.487 e.